The van der Waals surface area contributed by atoms with Gasteiger partial charge in [-0.25, -0.2) is 0 Å². The Morgan fingerprint density at radius 2 is 1.90 bits per heavy atom. The minimum absolute atomic E-state index is 0.00605. The first-order chi connectivity index (χ1) is 9.49. The van der Waals surface area contributed by atoms with Crippen molar-refractivity contribution in [2.24, 2.45) is 0 Å². The minimum Gasteiger partial charge on any atom is -0.383 e. The fourth-order valence-corrected chi connectivity index (χ4v) is 3.91. The Labute approximate surface area is 120 Å². The van der Waals surface area contributed by atoms with Crippen LogP contribution in [0.2, 0.25) is 0 Å². The van der Waals surface area contributed by atoms with E-state index in [-0.39, 0.29) is 12.6 Å². The zero-order chi connectivity index (χ0) is 14.6. The van der Waals surface area contributed by atoms with Gasteiger partial charge in [0.1, 0.15) is 0 Å². The largest absolute Gasteiger partial charge is 0.383 e. The molecule has 118 valence electrons. The van der Waals surface area contributed by atoms with Crippen molar-refractivity contribution >= 4 is 10.2 Å². The Morgan fingerprint density at radius 3 is 2.45 bits per heavy atom. The van der Waals surface area contributed by atoms with E-state index in [0.717, 1.165) is 25.7 Å². The second kappa shape index (κ2) is 6.67. The maximum atomic E-state index is 12.1. The van der Waals surface area contributed by atoms with Gasteiger partial charge in [-0.05, 0) is 12.8 Å². The van der Waals surface area contributed by atoms with Crippen LogP contribution in [-0.2, 0) is 24.4 Å². The zero-order valence-corrected chi connectivity index (χ0v) is 12.9. The van der Waals surface area contributed by atoms with E-state index in [1.54, 1.807) is 14.2 Å². The third-order valence-electron chi connectivity index (χ3n) is 4.01. The highest BCUT2D eigenvalue weighted by Crippen LogP contribution is 2.37. The molecule has 2 fully saturated rings. The molecule has 0 bridgehead atoms. The van der Waals surface area contributed by atoms with Crippen molar-refractivity contribution in [1.29, 1.82) is 0 Å². The van der Waals surface area contributed by atoms with Gasteiger partial charge >= 0.3 is 0 Å². The van der Waals surface area contributed by atoms with E-state index in [0.29, 0.717) is 19.8 Å². The van der Waals surface area contributed by atoms with Crippen LogP contribution in [0.25, 0.3) is 0 Å². The summed E-state index contributed by atoms with van der Waals surface area (Å²) in [6.07, 6.45) is 2.99. The standard InChI is InChI=1S/C12H24N2O5S/c1-14(20(15,16)13-7-8-17-2)11-3-5-12(6-4-11)18-9-10-19-12/h11,13H,3-10H2,1-2H3. The molecule has 20 heavy (non-hydrogen) atoms. The maximum absolute atomic E-state index is 12.1. The molecule has 0 aromatic rings. The van der Waals surface area contributed by atoms with E-state index in [1.165, 1.54) is 4.31 Å². The molecule has 1 N–H and O–H groups in total. The number of nitrogens with zero attached hydrogens (tertiary/aromatic N) is 1. The molecule has 1 aliphatic carbocycles. The van der Waals surface area contributed by atoms with Crippen molar-refractivity contribution in [2.45, 2.75) is 37.5 Å². The quantitative estimate of drug-likeness (QED) is 0.704. The van der Waals surface area contributed by atoms with Crippen molar-refractivity contribution in [3.63, 3.8) is 0 Å². The number of hydrogen-bond acceptors (Lipinski definition) is 5. The zero-order valence-electron chi connectivity index (χ0n) is 12.1. The lowest BCUT2D eigenvalue weighted by atomic mass is 9.90. The van der Waals surface area contributed by atoms with Gasteiger partial charge in [0.15, 0.2) is 5.79 Å². The predicted molar refractivity (Wildman–Crippen MR) is 73.5 cm³/mol. The summed E-state index contributed by atoms with van der Waals surface area (Å²) >= 11 is 0. The molecule has 0 amide bonds. The van der Waals surface area contributed by atoms with Gasteiger partial charge in [0, 0.05) is 39.6 Å². The van der Waals surface area contributed by atoms with Gasteiger partial charge in [0.25, 0.3) is 10.2 Å². The van der Waals surface area contributed by atoms with E-state index in [1.807, 2.05) is 0 Å². The normalized spacial score (nSPS) is 23.8. The average Bonchev–Trinajstić information content (AvgIpc) is 2.87. The van der Waals surface area contributed by atoms with Crippen LogP contribution in [-0.4, -0.2) is 65.1 Å². The summed E-state index contributed by atoms with van der Waals surface area (Å²) in [6.45, 7) is 1.92. The Balaban J connectivity index is 1.85. The first-order valence-corrected chi connectivity index (χ1v) is 8.43. The molecule has 1 saturated heterocycles. The number of methoxy groups -OCH3 is 1. The number of hydrogen-bond donors (Lipinski definition) is 1. The molecule has 0 radical (unpaired) electrons. The second-order valence-electron chi connectivity index (χ2n) is 5.25. The maximum Gasteiger partial charge on any atom is 0.279 e. The molecule has 1 heterocycles. The van der Waals surface area contributed by atoms with Crippen LogP contribution in [0.4, 0.5) is 0 Å². The SMILES string of the molecule is COCCNS(=O)(=O)N(C)C1CCC2(CC1)OCCO2. The lowest BCUT2D eigenvalue weighted by molar-refractivity contribution is -0.181. The molecular formula is C12H24N2O5S. The van der Waals surface area contributed by atoms with Gasteiger partial charge in [-0.15, -0.1) is 0 Å². The molecule has 8 heteroatoms. The van der Waals surface area contributed by atoms with E-state index < -0.39 is 16.0 Å². The summed E-state index contributed by atoms with van der Waals surface area (Å²) in [6, 6.07) is -0.00605. The summed E-state index contributed by atoms with van der Waals surface area (Å²) in [5.41, 5.74) is 0. The average molecular weight is 308 g/mol. The van der Waals surface area contributed by atoms with Crippen LogP contribution in [0.3, 0.4) is 0 Å². The molecule has 7 nitrogen and oxygen atoms in total. The molecule has 2 aliphatic rings. The van der Waals surface area contributed by atoms with Crippen LogP contribution < -0.4 is 4.72 Å². The summed E-state index contributed by atoms with van der Waals surface area (Å²) in [5, 5.41) is 0. The Morgan fingerprint density at radius 1 is 1.30 bits per heavy atom. The van der Waals surface area contributed by atoms with Crippen molar-refractivity contribution in [3.05, 3.63) is 0 Å². The molecule has 1 saturated carbocycles. The first-order valence-electron chi connectivity index (χ1n) is 6.99. The van der Waals surface area contributed by atoms with Crippen LogP contribution in [0.15, 0.2) is 0 Å². The lowest BCUT2D eigenvalue weighted by Gasteiger charge is -2.38. The highest BCUT2D eigenvalue weighted by atomic mass is 32.2. The third-order valence-corrected chi connectivity index (χ3v) is 5.64. The van der Waals surface area contributed by atoms with E-state index in [9.17, 15) is 8.42 Å². The molecule has 1 aliphatic heterocycles. The van der Waals surface area contributed by atoms with Gasteiger partial charge in [-0.2, -0.15) is 17.4 Å². The monoisotopic (exact) mass is 308 g/mol. The van der Waals surface area contributed by atoms with Crippen molar-refractivity contribution in [3.8, 4) is 0 Å². The van der Waals surface area contributed by atoms with Crippen molar-refractivity contribution < 1.29 is 22.6 Å². The fourth-order valence-electron chi connectivity index (χ4n) is 2.76. The summed E-state index contributed by atoms with van der Waals surface area (Å²) in [7, 11) is -0.284. The summed E-state index contributed by atoms with van der Waals surface area (Å²) < 4.78 is 44.3. The van der Waals surface area contributed by atoms with Crippen LogP contribution >= 0.6 is 0 Å². The van der Waals surface area contributed by atoms with Gasteiger partial charge in [0.05, 0.1) is 19.8 Å². The topological polar surface area (TPSA) is 77.1 Å². The summed E-state index contributed by atoms with van der Waals surface area (Å²) in [4.78, 5) is 0. The second-order valence-corrected chi connectivity index (χ2v) is 7.06. The molecule has 2 rings (SSSR count). The number of rotatable bonds is 6. The summed E-state index contributed by atoms with van der Waals surface area (Å²) in [5.74, 6) is -0.454. The van der Waals surface area contributed by atoms with Gasteiger partial charge in [0.2, 0.25) is 0 Å². The van der Waals surface area contributed by atoms with Crippen molar-refractivity contribution in [2.75, 3.05) is 40.5 Å². The predicted octanol–water partition coefficient (Wildman–Crippen LogP) is 0.0847. The molecule has 0 aromatic heterocycles. The molecule has 1 spiro atoms. The van der Waals surface area contributed by atoms with Crippen LogP contribution in [0, 0.1) is 0 Å². The Bertz CT molecular complexity index is 398. The highest BCUT2D eigenvalue weighted by Gasteiger charge is 2.42. The molecule has 0 atom stereocenters. The van der Waals surface area contributed by atoms with Gasteiger partial charge in [-0.1, -0.05) is 0 Å². The highest BCUT2D eigenvalue weighted by molar-refractivity contribution is 7.87. The minimum atomic E-state index is -3.45. The van der Waals surface area contributed by atoms with Gasteiger partial charge in [-0.3, -0.25) is 0 Å². The van der Waals surface area contributed by atoms with Crippen molar-refractivity contribution in [1.82, 2.24) is 9.03 Å². The Kier molecular flexibility index (Phi) is 5.38. The van der Waals surface area contributed by atoms with E-state index in [2.05, 4.69) is 4.72 Å². The first kappa shape index (κ1) is 16.1. The van der Waals surface area contributed by atoms with E-state index in [4.69, 9.17) is 14.2 Å². The third kappa shape index (κ3) is 3.69. The fraction of sp³-hybridized carbons (Fsp3) is 1.00. The number of nitrogens with one attached hydrogen (secondary N) is 1. The van der Waals surface area contributed by atoms with Crippen LogP contribution in [0.1, 0.15) is 25.7 Å². The van der Waals surface area contributed by atoms with Gasteiger partial charge < -0.3 is 14.2 Å². The molecular weight excluding hydrogens is 284 g/mol. The molecule has 0 aromatic carbocycles. The van der Waals surface area contributed by atoms with Crippen LogP contribution in [0.5, 0.6) is 0 Å². The molecule has 0 unspecified atom stereocenters. The smallest absolute Gasteiger partial charge is 0.279 e. The Hall–Kier alpha value is -0.250. The number of ether oxygens (including phenoxy) is 3. The lowest BCUT2D eigenvalue weighted by Crippen LogP contribution is -2.48. The van der Waals surface area contributed by atoms with E-state index >= 15 is 0 Å².